The van der Waals surface area contributed by atoms with Gasteiger partial charge in [0.2, 0.25) is 0 Å². The molecule has 1 nitrogen and oxygen atoms in total. The predicted molar refractivity (Wildman–Crippen MR) is 74.3 cm³/mol. The minimum atomic E-state index is 0.225. The Morgan fingerprint density at radius 2 is 1.47 bits per heavy atom. The van der Waals surface area contributed by atoms with Crippen LogP contribution in [-0.4, -0.2) is 4.57 Å². The van der Waals surface area contributed by atoms with Crippen LogP contribution in [0.15, 0.2) is 36.4 Å². The highest BCUT2D eigenvalue weighted by molar-refractivity contribution is 5.61. The first-order valence-corrected chi connectivity index (χ1v) is 6.13. The molecular formula is C16H21N. The van der Waals surface area contributed by atoms with Gasteiger partial charge in [-0.1, -0.05) is 45.0 Å². The summed E-state index contributed by atoms with van der Waals surface area (Å²) in [5.41, 5.74) is 5.46. The number of hydrogen-bond acceptors (Lipinski definition) is 0. The van der Waals surface area contributed by atoms with E-state index in [2.05, 4.69) is 75.7 Å². The minimum absolute atomic E-state index is 0.225. The monoisotopic (exact) mass is 227 g/mol. The Kier molecular flexibility index (Phi) is 2.86. The maximum Gasteiger partial charge on any atom is 0.0479 e. The second-order valence-electron chi connectivity index (χ2n) is 5.75. The number of nitrogens with zero attached hydrogens (tertiary/aromatic N) is 1. The SMILES string of the molecule is Cc1ccc(-c2ccc(C(C)(C)C)cc2)n1C. The first-order valence-electron chi connectivity index (χ1n) is 6.13. The Balaban J connectivity index is 2.40. The van der Waals surface area contributed by atoms with Crippen molar-refractivity contribution in [3.8, 4) is 11.3 Å². The van der Waals surface area contributed by atoms with Crippen molar-refractivity contribution in [2.24, 2.45) is 7.05 Å². The quantitative estimate of drug-likeness (QED) is 0.684. The van der Waals surface area contributed by atoms with Crippen molar-refractivity contribution < 1.29 is 0 Å². The summed E-state index contributed by atoms with van der Waals surface area (Å²) in [6.07, 6.45) is 0. The standard InChI is InChI=1S/C16H21N/c1-12-6-11-15(17(12)5)13-7-9-14(10-8-13)16(2,3)4/h6-11H,1-5H3. The molecule has 1 aromatic carbocycles. The van der Waals surface area contributed by atoms with Crippen LogP contribution in [0.1, 0.15) is 32.0 Å². The van der Waals surface area contributed by atoms with Crippen LogP contribution in [0.3, 0.4) is 0 Å². The van der Waals surface area contributed by atoms with Gasteiger partial charge in [0.1, 0.15) is 0 Å². The van der Waals surface area contributed by atoms with Gasteiger partial charge in [-0.15, -0.1) is 0 Å². The van der Waals surface area contributed by atoms with Crippen LogP contribution in [0.25, 0.3) is 11.3 Å². The summed E-state index contributed by atoms with van der Waals surface area (Å²) in [5.74, 6) is 0. The molecule has 0 saturated heterocycles. The van der Waals surface area contributed by atoms with E-state index in [9.17, 15) is 0 Å². The highest BCUT2D eigenvalue weighted by Crippen LogP contribution is 2.26. The fourth-order valence-electron chi connectivity index (χ4n) is 2.04. The summed E-state index contributed by atoms with van der Waals surface area (Å²) in [4.78, 5) is 0. The molecule has 17 heavy (non-hydrogen) atoms. The molecule has 0 unspecified atom stereocenters. The normalized spacial score (nSPS) is 11.8. The number of aryl methyl sites for hydroxylation is 1. The molecule has 0 radical (unpaired) electrons. The highest BCUT2D eigenvalue weighted by Gasteiger charge is 2.13. The summed E-state index contributed by atoms with van der Waals surface area (Å²) in [6.45, 7) is 8.87. The lowest BCUT2D eigenvalue weighted by Gasteiger charge is -2.19. The van der Waals surface area contributed by atoms with Gasteiger partial charge in [-0.05, 0) is 35.6 Å². The fourth-order valence-corrected chi connectivity index (χ4v) is 2.04. The van der Waals surface area contributed by atoms with Crippen LogP contribution >= 0.6 is 0 Å². The third-order valence-corrected chi connectivity index (χ3v) is 3.42. The van der Waals surface area contributed by atoms with E-state index in [1.54, 1.807) is 0 Å². The maximum atomic E-state index is 2.24. The first-order chi connectivity index (χ1) is 7.89. The van der Waals surface area contributed by atoms with Crippen LogP contribution in [0, 0.1) is 6.92 Å². The van der Waals surface area contributed by atoms with Gasteiger partial charge in [0, 0.05) is 18.4 Å². The third kappa shape index (κ3) is 2.28. The summed E-state index contributed by atoms with van der Waals surface area (Å²) in [7, 11) is 2.11. The molecule has 90 valence electrons. The number of hydrogen-bond donors (Lipinski definition) is 0. The number of rotatable bonds is 1. The van der Waals surface area contributed by atoms with E-state index in [-0.39, 0.29) is 5.41 Å². The van der Waals surface area contributed by atoms with Gasteiger partial charge >= 0.3 is 0 Å². The minimum Gasteiger partial charge on any atom is -0.348 e. The summed E-state index contributed by atoms with van der Waals surface area (Å²) in [6, 6.07) is 13.2. The fraction of sp³-hybridized carbons (Fsp3) is 0.375. The Labute approximate surface area is 104 Å². The molecule has 0 atom stereocenters. The average molecular weight is 227 g/mol. The van der Waals surface area contributed by atoms with Crippen molar-refractivity contribution in [3.63, 3.8) is 0 Å². The van der Waals surface area contributed by atoms with Gasteiger partial charge < -0.3 is 4.57 Å². The molecule has 0 fully saturated rings. The summed E-state index contributed by atoms with van der Waals surface area (Å²) in [5, 5.41) is 0. The molecule has 0 bridgehead atoms. The van der Waals surface area contributed by atoms with Crippen molar-refractivity contribution in [2.45, 2.75) is 33.1 Å². The van der Waals surface area contributed by atoms with Crippen LogP contribution in [-0.2, 0) is 12.5 Å². The molecule has 0 aliphatic rings. The Morgan fingerprint density at radius 1 is 0.882 bits per heavy atom. The van der Waals surface area contributed by atoms with Crippen LogP contribution in [0.5, 0.6) is 0 Å². The number of aromatic nitrogens is 1. The van der Waals surface area contributed by atoms with E-state index in [1.807, 2.05) is 0 Å². The molecule has 1 heterocycles. The van der Waals surface area contributed by atoms with E-state index >= 15 is 0 Å². The molecule has 2 aromatic rings. The van der Waals surface area contributed by atoms with Gasteiger partial charge in [-0.2, -0.15) is 0 Å². The highest BCUT2D eigenvalue weighted by atomic mass is 14.9. The van der Waals surface area contributed by atoms with Crippen molar-refractivity contribution in [2.75, 3.05) is 0 Å². The Bertz CT molecular complexity index is 509. The van der Waals surface area contributed by atoms with Gasteiger partial charge in [-0.25, -0.2) is 0 Å². The first kappa shape index (κ1) is 12.0. The van der Waals surface area contributed by atoms with Gasteiger partial charge in [-0.3, -0.25) is 0 Å². The molecule has 0 N–H and O–H groups in total. The van der Waals surface area contributed by atoms with Crippen LogP contribution < -0.4 is 0 Å². The Hall–Kier alpha value is -1.50. The molecule has 1 aromatic heterocycles. The second kappa shape index (κ2) is 4.06. The smallest absolute Gasteiger partial charge is 0.0479 e. The average Bonchev–Trinajstić information content (AvgIpc) is 2.59. The zero-order valence-electron chi connectivity index (χ0n) is 11.4. The molecule has 0 aliphatic carbocycles. The zero-order valence-corrected chi connectivity index (χ0v) is 11.4. The molecule has 1 heteroatoms. The van der Waals surface area contributed by atoms with E-state index in [0.717, 1.165) is 0 Å². The van der Waals surface area contributed by atoms with Gasteiger partial charge in [0.25, 0.3) is 0 Å². The molecule has 0 spiro atoms. The second-order valence-corrected chi connectivity index (χ2v) is 5.75. The van der Waals surface area contributed by atoms with E-state index in [4.69, 9.17) is 0 Å². The largest absolute Gasteiger partial charge is 0.348 e. The lowest BCUT2D eigenvalue weighted by Crippen LogP contribution is -2.10. The topological polar surface area (TPSA) is 4.93 Å². The van der Waals surface area contributed by atoms with E-state index < -0.39 is 0 Å². The van der Waals surface area contributed by atoms with Crippen LogP contribution in [0.2, 0.25) is 0 Å². The third-order valence-electron chi connectivity index (χ3n) is 3.42. The van der Waals surface area contributed by atoms with Crippen molar-refractivity contribution >= 4 is 0 Å². The van der Waals surface area contributed by atoms with Crippen LogP contribution in [0.4, 0.5) is 0 Å². The molecule has 0 saturated carbocycles. The Morgan fingerprint density at radius 3 is 1.88 bits per heavy atom. The van der Waals surface area contributed by atoms with E-state index in [1.165, 1.54) is 22.5 Å². The van der Waals surface area contributed by atoms with E-state index in [0.29, 0.717) is 0 Å². The summed E-state index contributed by atoms with van der Waals surface area (Å²) >= 11 is 0. The lowest BCUT2D eigenvalue weighted by molar-refractivity contribution is 0.590. The predicted octanol–water partition coefficient (Wildman–Crippen LogP) is 4.30. The van der Waals surface area contributed by atoms with Crippen molar-refractivity contribution in [1.82, 2.24) is 4.57 Å². The zero-order chi connectivity index (χ0) is 12.6. The van der Waals surface area contributed by atoms with Crippen molar-refractivity contribution in [1.29, 1.82) is 0 Å². The van der Waals surface area contributed by atoms with Crippen molar-refractivity contribution in [3.05, 3.63) is 47.7 Å². The van der Waals surface area contributed by atoms with Gasteiger partial charge in [0.05, 0.1) is 0 Å². The number of benzene rings is 1. The molecule has 0 aliphatic heterocycles. The summed E-state index contributed by atoms with van der Waals surface area (Å²) < 4.78 is 2.23. The maximum absolute atomic E-state index is 2.24. The lowest BCUT2D eigenvalue weighted by atomic mass is 9.86. The molecule has 2 rings (SSSR count). The molecule has 0 amide bonds. The van der Waals surface area contributed by atoms with Gasteiger partial charge in [0.15, 0.2) is 0 Å². The molecular weight excluding hydrogens is 206 g/mol.